The van der Waals surface area contributed by atoms with Crippen molar-refractivity contribution in [2.45, 2.75) is 70.9 Å². The summed E-state index contributed by atoms with van der Waals surface area (Å²) < 4.78 is 5.34. The van der Waals surface area contributed by atoms with E-state index >= 15 is 0 Å². The van der Waals surface area contributed by atoms with Crippen LogP contribution in [0, 0.1) is 5.92 Å². The van der Waals surface area contributed by atoms with Gasteiger partial charge in [-0.15, -0.1) is 0 Å². The van der Waals surface area contributed by atoms with Gasteiger partial charge in [0.25, 0.3) is 0 Å². The van der Waals surface area contributed by atoms with Crippen LogP contribution in [-0.4, -0.2) is 43.5 Å². The second-order valence-corrected chi connectivity index (χ2v) is 11.2. The van der Waals surface area contributed by atoms with Gasteiger partial charge < -0.3 is 26.2 Å². The van der Waals surface area contributed by atoms with Crippen LogP contribution in [0.1, 0.15) is 68.6 Å². The van der Waals surface area contributed by atoms with Gasteiger partial charge in [-0.25, -0.2) is 0 Å². The number of hydrogen-bond acceptors (Lipinski definition) is 7. The Morgan fingerprint density at radius 3 is 2.64 bits per heavy atom. The molecule has 1 aliphatic heterocycles. The lowest BCUT2D eigenvalue weighted by Crippen LogP contribution is -2.35. The maximum absolute atomic E-state index is 12.7. The molecule has 0 radical (unpaired) electrons. The number of benzene rings is 2. The minimum Gasteiger partial charge on any atom is -0.504 e. The number of allylic oxidation sites excluding steroid dienone is 3. The molecule has 7 nitrogen and oxygen atoms in total. The van der Waals surface area contributed by atoms with Crippen LogP contribution >= 0.6 is 0 Å². The number of carbonyl (C=O) groups is 2. The van der Waals surface area contributed by atoms with Crippen molar-refractivity contribution in [1.82, 2.24) is 10.6 Å². The van der Waals surface area contributed by atoms with Crippen molar-refractivity contribution in [3.63, 3.8) is 0 Å². The highest BCUT2D eigenvalue weighted by molar-refractivity contribution is 6.06. The molecule has 2 aromatic rings. The molecule has 0 fully saturated rings. The van der Waals surface area contributed by atoms with E-state index in [4.69, 9.17) is 10.5 Å². The summed E-state index contributed by atoms with van der Waals surface area (Å²) in [6.45, 7) is 3.23. The molecule has 0 bridgehead atoms. The minimum absolute atomic E-state index is 0.0283. The topological polar surface area (TPSA) is 114 Å². The molecule has 42 heavy (non-hydrogen) atoms. The number of nitrogens with one attached hydrogen (secondary N) is 2. The number of carbonyl (C=O) groups excluding carboxylic acids is 2. The fraction of sp³-hybridized carbons (Fsp3) is 0.429. The first-order valence-corrected chi connectivity index (χ1v) is 15.0. The zero-order valence-electron chi connectivity index (χ0n) is 25.3. The molecule has 0 spiro atoms. The fourth-order valence-electron chi connectivity index (χ4n) is 5.26. The Hall–Kier alpha value is -3.68. The number of nitrogens with two attached hydrogens (primary N) is 1. The second-order valence-electron chi connectivity index (χ2n) is 11.2. The maximum atomic E-state index is 12.7. The number of aromatic hydroxyl groups is 1. The second kappa shape index (κ2) is 17.3. The van der Waals surface area contributed by atoms with Crippen molar-refractivity contribution in [2.75, 3.05) is 20.7 Å². The van der Waals surface area contributed by atoms with E-state index in [1.54, 1.807) is 18.2 Å². The van der Waals surface area contributed by atoms with Crippen LogP contribution in [0.2, 0.25) is 0 Å². The van der Waals surface area contributed by atoms with E-state index < -0.39 is 0 Å². The molecule has 7 heteroatoms. The van der Waals surface area contributed by atoms with E-state index in [9.17, 15) is 14.7 Å². The zero-order valence-corrected chi connectivity index (χ0v) is 25.3. The Morgan fingerprint density at radius 1 is 1.12 bits per heavy atom. The molecule has 2 aromatic carbocycles. The molecule has 0 saturated heterocycles. The summed E-state index contributed by atoms with van der Waals surface area (Å²) in [6.07, 6.45) is 13.5. The summed E-state index contributed by atoms with van der Waals surface area (Å²) >= 11 is 0. The van der Waals surface area contributed by atoms with Crippen molar-refractivity contribution in [3.8, 4) is 11.5 Å². The van der Waals surface area contributed by atoms with Crippen molar-refractivity contribution < 1.29 is 19.4 Å². The van der Waals surface area contributed by atoms with Gasteiger partial charge in [-0.1, -0.05) is 56.2 Å². The summed E-state index contributed by atoms with van der Waals surface area (Å²) in [7, 11) is 3.45. The van der Waals surface area contributed by atoms with Crippen LogP contribution in [-0.2, 0) is 22.4 Å². The maximum Gasteiger partial charge on any atom is 0.163 e. The van der Waals surface area contributed by atoms with Gasteiger partial charge in [0.1, 0.15) is 5.78 Å². The average Bonchev–Trinajstić information content (AvgIpc) is 2.97. The minimum atomic E-state index is -0.264. The van der Waals surface area contributed by atoms with Crippen molar-refractivity contribution >= 4 is 17.6 Å². The number of phenolic OH excluding ortho intramolecular Hbond substituents is 1. The molecule has 0 saturated carbocycles. The fourth-order valence-corrected chi connectivity index (χ4v) is 5.26. The first kappa shape index (κ1) is 32.8. The number of ether oxygens (including phenoxy) is 1. The molecule has 2 unspecified atom stereocenters. The van der Waals surface area contributed by atoms with Crippen LogP contribution in [0.25, 0.3) is 6.08 Å². The van der Waals surface area contributed by atoms with E-state index in [1.165, 1.54) is 18.7 Å². The molecule has 1 heterocycles. The molecule has 0 amide bonds. The summed E-state index contributed by atoms with van der Waals surface area (Å²) in [6, 6.07) is 13.7. The Bertz CT molecular complexity index is 1270. The van der Waals surface area contributed by atoms with Gasteiger partial charge in [-0.2, -0.15) is 0 Å². The molecule has 2 atom stereocenters. The lowest BCUT2D eigenvalue weighted by atomic mass is 9.90. The van der Waals surface area contributed by atoms with E-state index in [2.05, 4.69) is 29.7 Å². The lowest BCUT2D eigenvalue weighted by Gasteiger charge is -2.22. The summed E-state index contributed by atoms with van der Waals surface area (Å²) in [5, 5.41) is 16.9. The van der Waals surface area contributed by atoms with Gasteiger partial charge in [-0.05, 0) is 104 Å². The number of Topliss-reactive ketones (excluding diaryl/α,β-unsaturated/α-hetero) is 1. The summed E-state index contributed by atoms with van der Waals surface area (Å²) in [5.41, 5.74) is 11.2. The standard InChI is InChI=1S/C35H47N3O4/c1-25(23-37-2)10-6-4-9-13-31(39)22-32(40)17-16-27-20-34(42-3)33(41)19-29(27)18-30-24-38-35(36)21-28(30)15-14-26-11-7-5-8-12-26/h5,7-8,11-12,16-17,19-21,24-25,35,37-38,41H,4,6,9-10,13-15,18,22-23,36H2,1-3H3. The lowest BCUT2D eigenvalue weighted by molar-refractivity contribution is -0.124. The Kier molecular flexibility index (Phi) is 13.5. The third-order valence-corrected chi connectivity index (χ3v) is 7.62. The number of unbranched alkanes of at least 4 members (excludes halogenated alkanes) is 2. The number of aryl methyl sites for hydroxylation is 1. The SMILES string of the molecule is CNCC(C)CCCCCC(=O)CC(=O)C=Cc1cc(OC)c(O)cc1CC1=CNC(N)C=C1CCc1ccccc1. The molecule has 226 valence electrons. The zero-order chi connectivity index (χ0) is 30.3. The van der Waals surface area contributed by atoms with Crippen LogP contribution in [0.4, 0.5) is 0 Å². The van der Waals surface area contributed by atoms with E-state index in [0.717, 1.165) is 67.3 Å². The molecule has 0 aliphatic carbocycles. The molecule has 3 rings (SSSR count). The van der Waals surface area contributed by atoms with E-state index in [0.29, 0.717) is 24.5 Å². The van der Waals surface area contributed by atoms with Gasteiger partial charge in [-0.3, -0.25) is 9.59 Å². The number of methoxy groups -OCH3 is 1. The summed E-state index contributed by atoms with van der Waals surface area (Å²) in [4.78, 5) is 25.1. The highest BCUT2D eigenvalue weighted by Crippen LogP contribution is 2.33. The normalized spacial score (nSPS) is 15.6. The number of rotatable bonds is 18. The van der Waals surface area contributed by atoms with Gasteiger partial charge in [0.05, 0.1) is 19.7 Å². The van der Waals surface area contributed by atoms with Crippen LogP contribution in [0.3, 0.4) is 0 Å². The Labute approximate surface area is 250 Å². The van der Waals surface area contributed by atoms with Gasteiger partial charge in [0.2, 0.25) is 0 Å². The van der Waals surface area contributed by atoms with Crippen LogP contribution in [0.5, 0.6) is 11.5 Å². The average molecular weight is 574 g/mol. The first-order valence-electron chi connectivity index (χ1n) is 15.0. The summed E-state index contributed by atoms with van der Waals surface area (Å²) in [5.74, 6) is 0.722. The van der Waals surface area contributed by atoms with Crippen LogP contribution in [0.15, 0.2) is 72.0 Å². The highest BCUT2D eigenvalue weighted by atomic mass is 16.5. The smallest absolute Gasteiger partial charge is 0.163 e. The van der Waals surface area contributed by atoms with E-state index in [-0.39, 0.29) is 29.9 Å². The highest BCUT2D eigenvalue weighted by Gasteiger charge is 2.17. The van der Waals surface area contributed by atoms with Crippen molar-refractivity contribution in [3.05, 3.63) is 88.7 Å². The third-order valence-electron chi connectivity index (χ3n) is 7.62. The largest absolute Gasteiger partial charge is 0.504 e. The Balaban J connectivity index is 1.63. The molecular weight excluding hydrogens is 526 g/mol. The van der Waals surface area contributed by atoms with E-state index in [1.807, 2.05) is 37.5 Å². The van der Waals surface area contributed by atoms with Crippen molar-refractivity contribution in [1.29, 1.82) is 0 Å². The van der Waals surface area contributed by atoms with Crippen molar-refractivity contribution in [2.24, 2.45) is 11.7 Å². The third kappa shape index (κ3) is 11.0. The number of hydrogen-bond donors (Lipinski definition) is 4. The number of phenols is 1. The predicted octanol–water partition coefficient (Wildman–Crippen LogP) is 5.62. The quantitative estimate of drug-likeness (QED) is 0.104. The molecular formula is C35H47N3O4. The first-order chi connectivity index (χ1) is 20.3. The molecule has 5 N–H and O–H groups in total. The molecule has 0 aromatic heterocycles. The van der Waals surface area contributed by atoms with Gasteiger partial charge >= 0.3 is 0 Å². The van der Waals surface area contributed by atoms with Crippen LogP contribution < -0.4 is 21.1 Å². The van der Waals surface area contributed by atoms with Gasteiger partial charge in [0, 0.05) is 12.6 Å². The predicted molar refractivity (Wildman–Crippen MR) is 170 cm³/mol. The number of dihydropyridines is 1. The number of ketones is 2. The molecule has 1 aliphatic rings. The Morgan fingerprint density at radius 2 is 1.90 bits per heavy atom. The van der Waals surface area contributed by atoms with Gasteiger partial charge in [0.15, 0.2) is 17.3 Å². The monoisotopic (exact) mass is 573 g/mol.